The normalized spacial score (nSPS) is 11.0. The summed E-state index contributed by atoms with van der Waals surface area (Å²) in [6.45, 7) is 0. The monoisotopic (exact) mass is 511 g/mol. The third-order valence-corrected chi connectivity index (χ3v) is 5.64. The predicted octanol–water partition coefficient (Wildman–Crippen LogP) is 5.88. The quantitative estimate of drug-likeness (QED) is 0.429. The van der Waals surface area contributed by atoms with Gasteiger partial charge in [-0.25, -0.2) is 9.78 Å². The van der Waals surface area contributed by atoms with Crippen LogP contribution in [0, 0.1) is 0 Å². The highest BCUT2D eigenvalue weighted by molar-refractivity contribution is 7.99. The van der Waals surface area contributed by atoms with Gasteiger partial charge in [0.25, 0.3) is 5.91 Å². The number of aromatic nitrogens is 1. The van der Waals surface area contributed by atoms with Crippen molar-refractivity contribution in [3.63, 3.8) is 0 Å². The number of anilines is 1. The van der Waals surface area contributed by atoms with Crippen molar-refractivity contribution in [1.82, 2.24) is 10.3 Å². The second kappa shape index (κ2) is 10.7. The van der Waals surface area contributed by atoms with Gasteiger partial charge >= 0.3 is 12.2 Å². The number of carbonyl (C=O) groups is 2. The van der Waals surface area contributed by atoms with Gasteiger partial charge in [0.15, 0.2) is 0 Å². The molecule has 0 aliphatic rings. The lowest BCUT2D eigenvalue weighted by Crippen LogP contribution is -2.35. The van der Waals surface area contributed by atoms with Crippen molar-refractivity contribution in [1.29, 1.82) is 0 Å². The fourth-order valence-corrected chi connectivity index (χ4v) is 3.88. The third-order valence-electron chi connectivity index (χ3n) is 4.34. The summed E-state index contributed by atoms with van der Waals surface area (Å²) in [6, 6.07) is 10.5. The van der Waals surface area contributed by atoms with Crippen molar-refractivity contribution in [2.45, 2.75) is 16.0 Å². The lowest BCUT2D eigenvalue weighted by atomic mass is 10.1. The van der Waals surface area contributed by atoms with Crippen molar-refractivity contribution >= 4 is 41.1 Å². The molecule has 3 amide bonds. The van der Waals surface area contributed by atoms with Crippen molar-refractivity contribution in [3.05, 3.63) is 70.9 Å². The van der Waals surface area contributed by atoms with Crippen LogP contribution in [0.15, 0.2) is 64.5 Å². The van der Waals surface area contributed by atoms with E-state index in [4.69, 9.17) is 21.1 Å². The molecule has 0 radical (unpaired) electrons. The Labute approximate surface area is 201 Å². The largest absolute Gasteiger partial charge is 0.496 e. The standard InChI is InChI=1S/C22H17ClF3N3O4S/c1-32-16-4-3-5-17(33-2)19(16)20(30)29-21(31)28-18-9-7-13(11-27-18)34-12-6-8-15(23)14(10-12)22(24,25)26/h3-11H,1-2H3,(H2,27,28,29,30,31). The Morgan fingerprint density at radius 2 is 1.65 bits per heavy atom. The summed E-state index contributed by atoms with van der Waals surface area (Å²) in [5, 5.41) is 4.18. The van der Waals surface area contributed by atoms with Crippen LogP contribution in [0.25, 0.3) is 0 Å². The van der Waals surface area contributed by atoms with Gasteiger partial charge in [0.1, 0.15) is 22.9 Å². The van der Waals surface area contributed by atoms with E-state index in [0.717, 1.165) is 17.8 Å². The summed E-state index contributed by atoms with van der Waals surface area (Å²) < 4.78 is 49.4. The summed E-state index contributed by atoms with van der Waals surface area (Å²) in [4.78, 5) is 29.7. The van der Waals surface area contributed by atoms with Gasteiger partial charge in [0.2, 0.25) is 0 Å². The van der Waals surface area contributed by atoms with Gasteiger partial charge < -0.3 is 9.47 Å². The SMILES string of the molecule is COc1cccc(OC)c1C(=O)NC(=O)Nc1ccc(Sc2ccc(Cl)c(C(F)(F)F)c2)cn1. The number of nitrogens with one attached hydrogen (secondary N) is 2. The Bertz CT molecular complexity index is 1180. The number of alkyl halides is 3. The van der Waals surface area contributed by atoms with Gasteiger partial charge in [-0.1, -0.05) is 29.4 Å². The zero-order valence-electron chi connectivity index (χ0n) is 17.7. The number of nitrogens with zero attached hydrogens (tertiary/aromatic N) is 1. The number of methoxy groups -OCH3 is 2. The van der Waals surface area contributed by atoms with Crippen LogP contribution in [0.5, 0.6) is 11.5 Å². The van der Waals surface area contributed by atoms with E-state index in [1.165, 1.54) is 38.6 Å². The van der Waals surface area contributed by atoms with Crippen LogP contribution in [-0.4, -0.2) is 31.1 Å². The van der Waals surface area contributed by atoms with Crippen molar-refractivity contribution < 1.29 is 32.2 Å². The van der Waals surface area contributed by atoms with Crippen LogP contribution < -0.4 is 20.1 Å². The van der Waals surface area contributed by atoms with Crippen LogP contribution in [0.2, 0.25) is 5.02 Å². The molecule has 0 saturated heterocycles. The molecular formula is C22H17ClF3N3O4S. The first-order chi connectivity index (χ1) is 16.1. The molecule has 0 saturated carbocycles. The Morgan fingerprint density at radius 3 is 2.21 bits per heavy atom. The Morgan fingerprint density at radius 1 is 1.00 bits per heavy atom. The van der Waals surface area contributed by atoms with Crippen LogP contribution in [0.4, 0.5) is 23.8 Å². The molecule has 0 unspecified atom stereocenters. The number of urea groups is 1. The summed E-state index contributed by atoms with van der Waals surface area (Å²) in [7, 11) is 2.76. The smallest absolute Gasteiger partial charge is 0.417 e. The second-order valence-corrected chi connectivity index (χ2v) is 8.12. The molecule has 0 spiro atoms. The lowest BCUT2D eigenvalue weighted by molar-refractivity contribution is -0.137. The van der Waals surface area contributed by atoms with E-state index >= 15 is 0 Å². The first-order valence-corrected chi connectivity index (χ1v) is 10.7. The van der Waals surface area contributed by atoms with Crippen molar-refractivity contribution in [2.24, 2.45) is 0 Å². The fourth-order valence-electron chi connectivity index (χ4n) is 2.82. The number of benzene rings is 2. The third kappa shape index (κ3) is 6.12. The van der Waals surface area contributed by atoms with Crippen LogP contribution in [-0.2, 0) is 6.18 Å². The molecule has 1 aromatic heterocycles. The summed E-state index contributed by atoms with van der Waals surface area (Å²) in [6.07, 6.45) is -3.20. The minimum absolute atomic E-state index is 0.0450. The maximum atomic E-state index is 13.0. The number of hydrogen-bond donors (Lipinski definition) is 2. The number of pyridine rings is 1. The molecule has 0 aliphatic carbocycles. The molecule has 34 heavy (non-hydrogen) atoms. The van der Waals surface area contributed by atoms with Gasteiger partial charge in [-0.2, -0.15) is 13.2 Å². The highest BCUT2D eigenvalue weighted by atomic mass is 35.5. The van der Waals surface area contributed by atoms with E-state index in [1.54, 1.807) is 24.3 Å². The number of imide groups is 1. The number of ether oxygens (including phenoxy) is 2. The number of carbonyl (C=O) groups excluding carboxylic acids is 2. The average molecular weight is 512 g/mol. The van der Waals surface area contributed by atoms with Crippen molar-refractivity contribution in [3.8, 4) is 11.5 Å². The molecular weight excluding hydrogens is 495 g/mol. The first kappa shape index (κ1) is 25.2. The Hall–Kier alpha value is -3.44. The second-order valence-electron chi connectivity index (χ2n) is 6.57. The van der Waals surface area contributed by atoms with E-state index < -0.39 is 23.7 Å². The summed E-state index contributed by atoms with van der Waals surface area (Å²) in [5.74, 6) is -0.184. The topological polar surface area (TPSA) is 89.5 Å². The molecule has 0 bridgehead atoms. The van der Waals surface area contributed by atoms with E-state index in [1.807, 2.05) is 0 Å². The number of rotatable bonds is 6. The Kier molecular flexibility index (Phi) is 7.90. The van der Waals surface area contributed by atoms with E-state index in [-0.39, 0.29) is 27.9 Å². The van der Waals surface area contributed by atoms with E-state index in [2.05, 4.69) is 15.6 Å². The zero-order valence-corrected chi connectivity index (χ0v) is 19.3. The van der Waals surface area contributed by atoms with Crippen molar-refractivity contribution in [2.75, 3.05) is 19.5 Å². The molecule has 0 fully saturated rings. The molecule has 2 aromatic carbocycles. The molecule has 2 N–H and O–H groups in total. The number of hydrogen-bond acceptors (Lipinski definition) is 6. The summed E-state index contributed by atoms with van der Waals surface area (Å²) >= 11 is 6.68. The fraction of sp³-hybridized carbons (Fsp3) is 0.136. The molecule has 12 heteroatoms. The van der Waals surface area contributed by atoms with Gasteiger partial charge in [0, 0.05) is 16.0 Å². The van der Waals surface area contributed by atoms with Gasteiger partial charge in [0.05, 0.1) is 24.8 Å². The molecule has 0 atom stereocenters. The van der Waals surface area contributed by atoms with E-state index in [9.17, 15) is 22.8 Å². The number of amides is 3. The molecule has 178 valence electrons. The van der Waals surface area contributed by atoms with Crippen LogP contribution >= 0.6 is 23.4 Å². The van der Waals surface area contributed by atoms with Crippen LogP contribution in [0.3, 0.4) is 0 Å². The zero-order chi connectivity index (χ0) is 24.9. The number of halogens is 4. The van der Waals surface area contributed by atoms with Gasteiger partial charge in [-0.3, -0.25) is 15.4 Å². The Balaban J connectivity index is 1.65. The minimum atomic E-state index is -4.57. The highest BCUT2D eigenvalue weighted by Gasteiger charge is 2.33. The highest BCUT2D eigenvalue weighted by Crippen LogP contribution is 2.38. The molecule has 1 heterocycles. The lowest BCUT2D eigenvalue weighted by Gasteiger charge is -2.13. The molecule has 3 aromatic rings. The first-order valence-electron chi connectivity index (χ1n) is 9.46. The molecule has 3 rings (SSSR count). The summed E-state index contributed by atoms with van der Waals surface area (Å²) in [5.41, 5.74) is -0.887. The predicted molar refractivity (Wildman–Crippen MR) is 121 cm³/mol. The van der Waals surface area contributed by atoms with Gasteiger partial charge in [-0.15, -0.1) is 0 Å². The average Bonchev–Trinajstić information content (AvgIpc) is 2.80. The maximum absolute atomic E-state index is 13.0. The maximum Gasteiger partial charge on any atom is 0.417 e. The van der Waals surface area contributed by atoms with Crippen LogP contribution in [0.1, 0.15) is 15.9 Å². The molecule has 7 nitrogen and oxygen atoms in total. The van der Waals surface area contributed by atoms with Gasteiger partial charge in [-0.05, 0) is 42.5 Å². The minimum Gasteiger partial charge on any atom is -0.496 e. The molecule has 0 aliphatic heterocycles. The van der Waals surface area contributed by atoms with E-state index in [0.29, 0.717) is 9.79 Å².